The van der Waals surface area contributed by atoms with E-state index in [0.29, 0.717) is 29.5 Å². The number of anilines is 1. The first-order valence-electron chi connectivity index (χ1n) is 12.3. The molecule has 8 nitrogen and oxygen atoms in total. The predicted octanol–water partition coefficient (Wildman–Crippen LogP) is 3.13. The lowest BCUT2D eigenvalue weighted by Gasteiger charge is -2.38. The third kappa shape index (κ3) is 5.19. The summed E-state index contributed by atoms with van der Waals surface area (Å²) in [6.45, 7) is 4.91. The highest BCUT2D eigenvalue weighted by Gasteiger charge is 2.30. The van der Waals surface area contributed by atoms with E-state index in [0.717, 1.165) is 60.3 Å². The smallest absolute Gasteiger partial charge is 0.238 e. The van der Waals surface area contributed by atoms with Gasteiger partial charge in [-0.2, -0.15) is 0 Å². The second kappa shape index (κ2) is 10.7. The molecule has 2 aliphatic heterocycles. The average molecular weight is 510 g/mol. The quantitative estimate of drug-likeness (QED) is 0.528. The first-order valence-corrected chi connectivity index (χ1v) is 12.7. The van der Waals surface area contributed by atoms with Crippen LogP contribution in [-0.2, 0) is 17.8 Å². The van der Waals surface area contributed by atoms with Gasteiger partial charge in [0, 0.05) is 67.4 Å². The molecule has 1 fully saturated rings. The number of piperazine rings is 1. The molecule has 1 saturated heterocycles. The minimum absolute atomic E-state index is 0.145. The number of aromatic nitrogens is 1. The Morgan fingerprint density at radius 3 is 2.72 bits per heavy atom. The summed E-state index contributed by atoms with van der Waals surface area (Å²) in [5.74, 6) is 0.416. The van der Waals surface area contributed by atoms with E-state index in [-0.39, 0.29) is 12.5 Å². The van der Waals surface area contributed by atoms with Crippen LogP contribution >= 0.6 is 11.6 Å². The fourth-order valence-electron chi connectivity index (χ4n) is 5.13. The van der Waals surface area contributed by atoms with Gasteiger partial charge in [0.15, 0.2) is 0 Å². The largest absolute Gasteiger partial charge is 0.495 e. The van der Waals surface area contributed by atoms with Gasteiger partial charge in [0.2, 0.25) is 5.91 Å². The van der Waals surface area contributed by atoms with Crippen LogP contribution < -0.4 is 10.1 Å². The molecule has 0 saturated carbocycles. The Morgan fingerprint density at radius 1 is 1.17 bits per heavy atom. The molecule has 0 bridgehead atoms. The number of pyridine rings is 1. The molecule has 1 aromatic heterocycles. The lowest BCUT2D eigenvalue weighted by atomic mass is 9.94. The molecule has 1 atom stereocenters. The molecule has 0 spiro atoms. The number of hydrogen-bond donors (Lipinski definition) is 2. The number of fused-ring (bicyclic) bond motifs is 2. The number of aliphatic hydroxyl groups is 1. The highest BCUT2D eigenvalue weighted by molar-refractivity contribution is 6.31. The maximum Gasteiger partial charge on any atom is 0.238 e. The molecular weight excluding hydrogens is 478 g/mol. The minimum atomic E-state index is -0.718. The molecule has 190 valence electrons. The molecule has 0 radical (unpaired) electrons. The highest BCUT2D eigenvalue weighted by atomic mass is 35.5. The third-order valence-corrected chi connectivity index (χ3v) is 7.35. The van der Waals surface area contributed by atoms with Gasteiger partial charge < -0.3 is 20.1 Å². The number of benzene rings is 2. The molecule has 2 N–H and O–H groups in total. The zero-order valence-corrected chi connectivity index (χ0v) is 21.5. The van der Waals surface area contributed by atoms with Crippen LogP contribution in [0.15, 0.2) is 42.5 Å². The van der Waals surface area contributed by atoms with Crippen LogP contribution in [0.3, 0.4) is 0 Å². The lowest BCUT2D eigenvalue weighted by Crippen LogP contribution is -2.46. The number of carbonyl (C=O) groups excluding carboxylic acids is 1. The summed E-state index contributed by atoms with van der Waals surface area (Å²) in [5, 5.41) is 16.0. The summed E-state index contributed by atoms with van der Waals surface area (Å²) in [5.41, 5.74) is 4.40. The fraction of sp³-hybridized carbons (Fsp3) is 0.407. The molecule has 36 heavy (non-hydrogen) atoms. The van der Waals surface area contributed by atoms with Gasteiger partial charge in [0.1, 0.15) is 12.0 Å². The lowest BCUT2D eigenvalue weighted by molar-refractivity contribution is -0.117. The van der Waals surface area contributed by atoms with Gasteiger partial charge in [-0.05, 0) is 36.9 Å². The molecular formula is C27H32ClN5O3. The Bertz CT molecular complexity index is 1260. The van der Waals surface area contributed by atoms with Crippen LogP contribution in [0.25, 0.3) is 10.9 Å². The fourth-order valence-corrected chi connectivity index (χ4v) is 5.30. The van der Waals surface area contributed by atoms with Crippen LogP contribution in [0.5, 0.6) is 5.75 Å². The van der Waals surface area contributed by atoms with Crippen LogP contribution in [-0.4, -0.2) is 84.1 Å². The standard InChI is InChI=1S/C27H32ClN5O3/c1-31-11-13-33(14-12-31)27(35)26-19-5-3-4-6-21(19)29-22-9-10-32(16-20(22)26)17-25(34)30-23-15-18(28)7-8-24(23)36-2/h3-8,15,27,35H,9-14,16-17H2,1-2H3,(H,30,34). The van der Waals surface area contributed by atoms with Gasteiger partial charge in [-0.1, -0.05) is 29.8 Å². The molecule has 2 aromatic carbocycles. The van der Waals surface area contributed by atoms with Crippen LogP contribution in [0, 0.1) is 0 Å². The second-order valence-electron chi connectivity index (χ2n) is 9.53. The van der Waals surface area contributed by atoms with Crippen molar-refractivity contribution >= 4 is 34.1 Å². The number of likely N-dealkylation sites (N-methyl/N-ethyl adjacent to an activating group) is 1. The van der Waals surface area contributed by atoms with Gasteiger partial charge in [0.25, 0.3) is 0 Å². The van der Waals surface area contributed by atoms with Crippen LogP contribution in [0.1, 0.15) is 23.0 Å². The maximum atomic E-state index is 13.0. The molecule has 5 rings (SSSR count). The first-order chi connectivity index (χ1) is 17.4. The minimum Gasteiger partial charge on any atom is -0.495 e. The van der Waals surface area contributed by atoms with E-state index in [9.17, 15) is 9.90 Å². The number of carbonyl (C=O) groups is 1. The number of para-hydroxylation sites is 1. The van der Waals surface area contributed by atoms with Gasteiger partial charge in [-0.15, -0.1) is 0 Å². The SMILES string of the molecule is COc1ccc(Cl)cc1NC(=O)CN1CCc2nc3ccccc3c(C(O)N3CCN(C)CC3)c2C1. The summed E-state index contributed by atoms with van der Waals surface area (Å²) in [6, 6.07) is 13.2. The van der Waals surface area contributed by atoms with E-state index in [1.807, 2.05) is 24.3 Å². The van der Waals surface area contributed by atoms with Crippen molar-refractivity contribution in [3.63, 3.8) is 0 Å². The number of ether oxygens (including phenoxy) is 1. The first kappa shape index (κ1) is 24.9. The van der Waals surface area contributed by atoms with Crippen molar-refractivity contribution in [3.05, 3.63) is 64.3 Å². The number of halogens is 1. The number of methoxy groups -OCH3 is 1. The van der Waals surface area contributed by atoms with Crippen molar-refractivity contribution in [1.82, 2.24) is 19.7 Å². The van der Waals surface area contributed by atoms with E-state index in [1.54, 1.807) is 25.3 Å². The van der Waals surface area contributed by atoms with E-state index in [2.05, 4.69) is 27.1 Å². The molecule has 2 aliphatic rings. The Labute approximate surface area is 216 Å². The Morgan fingerprint density at radius 2 is 1.94 bits per heavy atom. The molecule has 3 heterocycles. The van der Waals surface area contributed by atoms with Gasteiger partial charge >= 0.3 is 0 Å². The Hall–Kier alpha value is -2.75. The maximum absolute atomic E-state index is 13.0. The monoisotopic (exact) mass is 509 g/mol. The Balaban J connectivity index is 1.40. The number of nitrogens with zero attached hydrogens (tertiary/aromatic N) is 4. The van der Waals surface area contributed by atoms with Crippen molar-refractivity contribution in [2.45, 2.75) is 19.2 Å². The second-order valence-corrected chi connectivity index (χ2v) is 9.97. The average Bonchev–Trinajstić information content (AvgIpc) is 2.87. The number of aliphatic hydroxyl groups excluding tert-OH is 1. The summed E-state index contributed by atoms with van der Waals surface area (Å²) in [7, 11) is 3.67. The van der Waals surface area contributed by atoms with E-state index >= 15 is 0 Å². The van der Waals surface area contributed by atoms with Crippen LogP contribution in [0.2, 0.25) is 5.02 Å². The molecule has 3 aromatic rings. The van der Waals surface area contributed by atoms with Gasteiger partial charge in [-0.3, -0.25) is 19.6 Å². The predicted molar refractivity (Wildman–Crippen MR) is 141 cm³/mol. The zero-order chi connectivity index (χ0) is 25.2. The van der Waals surface area contributed by atoms with Crippen molar-refractivity contribution in [2.24, 2.45) is 0 Å². The summed E-state index contributed by atoms with van der Waals surface area (Å²) in [4.78, 5) is 24.4. The van der Waals surface area contributed by atoms with Crippen molar-refractivity contribution in [3.8, 4) is 5.75 Å². The van der Waals surface area contributed by atoms with E-state index in [4.69, 9.17) is 21.3 Å². The van der Waals surface area contributed by atoms with E-state index < -0.39 is 6.23 Å². The summed E-state index contributed by atoms with van der Waals surface area (Å²) in [6.07, 6.45) is 0.000909. The molecule has 1 unspecified atom stereocenters. The van der Waals surface area contributed by atoms with Crippen LogP contribution in [0.4, 0.5) is 5.69 Å². The van der Waals surface area contributed by atoms with E-state index in [1.165, 1.54) is 0 Å². The molecule has 0 aliphatic carbocycles. The number of hydrogen-bond acceptors (Lipinski definition) is 7. The van der Waals surface area contributed by atoms with Crippen molar-refractivity contribution in [1.29, 1.82) is 0 Å². The van der Waals surface area contributed by atoms with Gasteiger partial charge in [0.05, 0.1) is 24.9 Å². The number of rotatable bonds is 6. The summed E-state index contributed by atoms with van der Waals surface area (Å²) < 4.78 is 5.35. The number of amides is 1. The summed E-state index contributed by atoms with van der Waals surface area (Å²) >= 11 is 6.12. The topological polar surface area (TPSA) is 81.2 Å². The number of nitrogens with one attached hydrogen (secondary N) is 1. The normalized spacial score (nSPS) is 18.1. The molecule has 9 heteroatoms. The molecule has 1 amide bonds. The third-order valence-electron chi connectivity index (χ3n) is 7.11. The zero-order valence-electron chi connectivity index (χ0n) is 20.7. The highest BCUT2D eigenvalue weighted by Crippen LogP contribution is 2.34. The van der Waals surface area contributed by atoms with Gasteiger partial charge in [-0.25, -0.2) is 0 Å². The van der Waals surface area contributed by atoms with Crippen molar-refractivity contribution in [2.75, 3.05) is 58.7 Å². The Kier molecular flexibility index (Phi) is 7.41. The van der Waals surface area contributed by atoms with Crippen molar-refractivity contribution < 1.29 is 14.6 Å².